The first-order chi connectivity index (χ1) is 7.16. The Labute approximate surface area is 98.0 Å². The summed E-state index contributed by atoms with van der Waals surface area (Å²) in [4.78, 5) is 13.9. The molecule has 0 radical (unpaired) electrons. The van der Waals surface area contributed by atoms with Crippen molar-refractivity contribution in [2.75, 3.05) is 13.1 Å². The number of rotatable bonds is 4. The lowest BCUT2D eigenvalue weighted by Crippen LogP contribution is -2.42. The van der Waals surface area contributed by atoms with Gasteiger partial charge in [-0.3, -0.25) is 4.79 Å². The predicted octanol–water partition coefficient (Wildman–Crippen LogP) is 3.04. The lowest BCUT2D eigenvalue weighted by molar-refractivity contribution is -0.132. The smallest absolute Gasteiger partial charge is 0.240 e. The van der Waals surface area contributed by atoms with Crippen LogP contribution in [-0.4, -0.2) is 29.3 Å². The highest BCUT2D eigenvalue weighted by Gasteiger charge is 2.27. The van der Waals surface area contributed by atoms with Crippen LogP contribution in [0.2, 0.25) is 0 Å². The average molecular weight is 232 g/mol. The Morgan fingerprint density at radius 2 is 1.93 bits per heavy atom. The summed E-state index contributed by atoms with van der Waals surface area (Å²) >= 11 is 6.20. The molecular weight excluding hydrogens is 210 g/mol. The first kappa shape index (κ1) is 12.8. The molecule has 3 heteroatoms. The molecule has 1 aliphatic heterocycles. The van der Waals surface area contributed by atoms with Gasteiger partial charge < -0.3 is 4.90 Å². The van der Waals surface area contributed by atoms with E-state index in [0.717, 1.165) is 38.8 Å². The fourth-order valence-corrected chi connectivity index (χ4v) is 2.40. The first-order valence-electron chi connectivity index (χ1n) is 6.09. The molecule has 1 fully saturated rings. The van der Waals surface area contributed by atoms with Crippen molar-refractivity contribution < 1.29 is 4.79 Å². The number of carbonyl (C=O) groups is 1. The minimum Gasteiger partial charge on any atom is -0.341 e. The normalized spacial score (nSPS) is 21.1. The zero-order valence-electron chi connectivity index (χ0n) is 9.84. The molecule has 2 unspecified atom stereocenters. The van der Waals surface area contributed by atoms with Crippen molar-refractivity contribution in [3.63, 3.8) is 0 Å². The van der Waals surface area contributed by atoms with Crippen molar-refractivity contribution >= 4 is 17.5 Å². The van der Waals surface area contributed by atoms with Crippen molar-refractivity contribution in [2.45, 2.75) is 51.3 Å². The van der Waals surface area contributed by atoms with Crippen LogP contribution in [0.25, 0.3) is 0 Å². The molecule has 0 aromatic heterocycles. The van der Waals surface area contributed by atoms with Gasteiger partial charge in [-0.15, -0.1) is 11.6 Å². The van der Waals surface area contributed by atoms with E-state index < -0.39 is 0 Å². The average Bonchev–Trinajstić information content (AvgIpc) is 2.28. The third-order valence-electron chi connectivity index (χ3n) is 3.15. The highest BCUT2D eigenvalue weighted by atomic mass is 35.5. The molecule has 2 atom stereocenters. The predicted molar refractivity (Wildman–Crippen MR) is 64.1 cm³/mol. The van der Waals surface area contributed by atoms with Gasteiger partial charge in [0.05, 0.1) is 0 Å². The second kappa shape index (κ2) is 6.37. The molecule has 1 saturated heterocycles. The van der Waals surface area contributed by atoms with Gasteiger partial charge in [0.15, 0.2) is 0 Å². The van der Waals surface area contributed by atoms with E-state index in [1.807, 2.05) is 4.90 Å². The van der Waals surface area contributed by atoms with Crippen LogP contribution in [0, 0.1) is 5.92 Å². The summed E-state index contributed by atoms with van der Waals surface area (Å²) in [7, 11) is 0. The topological polar surface area (TPSA) is 20.3 Å². The summed E-state index contributed by atoms with van der Waals surface area (Å²) in [5.41, 5.74) is 0. The van der Waals surface area contributed by atoms with Gasteiger partial charge in [-0.1, -0.05) is 20.3 Å². The van der Waals surface area contributed by atoms with Crippen LogP contribution in [0.4, 0.5) is 0 Å². The van der Waals surface area contributed by atoms with Crippen LogP contribution in [-0.2, 0) is 4.79 Å². The molecule has 1 heterocycles. The van der Waals surface area contributed by atoms with Crippen molar-refractivity contribution in [3.05, 3.63) is 0 Å². The zero-order valence-corrected chi connectivity index (χ0v) is 10.6. The van der Waals surface area contributed by atoms with E-state index in [1.54, 1.807) is 0 Å². The number of amides is 1. The molecule has 1 aliphatic rings. The second-order valence-electron chi connectivity index (χ2n) is 4.55. The standard InChI is InChI=1S/C12H22ClNO/c1-3-7-10(2)11(13)12(15)14-8-5-4-6-9-14/h10-11H,3-9H2,1-2H3. The Morgan fingerprint density at radius 3 is 2.47 bits per heavy atom. The lowest BCUT2D eigenvalue weighted by atomic mass is 10.00. The fraction of sp³-hybridized carbons (Fsp3) is 0.917. The first-order valence-corrected chi connectivity index (χ1v) is 6.53. The Bertz CT molecular complexity index is 202. The molecule has 0 saturated carbocycles. The van der Waals surface area contributed by atoms with Gasteiger partial charge >= 0.3 is 0 Å². The third kappa shape index (κ3) is 3.67. The molecule has 15 heavy (non-hydrogen) atoms. The molecule has 0 aromatic rings. The van der Waals surface area contributed by atoms with E-state index in [9.17, 15) is 4.79 Å². The second-order valence-corrected chi connectivity index (χ2v) is 5.02. The maximum Gasteiger partial charge on any atom is 0.240 e. The molecular formula is C12H22ClNO. The molecule has 0 spiro atoms. The zero-order chi connectivity index (χ0) is 11.3. The maximum absolute atomic E-state index is 12.0. The van der Waals surface area contributed by atoms with Crippen LogP contribution in [0.15, 0.2) is 0 Å². The summed E-state index contributed by atoms with van der Waals surface area (Å²) in [5.74, 6) is 0.448. The molecule has 0 aliphatic carbocycles. The van der Waals surface area contributed by atoms with E-state index in [2.05, 4.69) is 13.8 Å². The fourth-order valence-electron chi connectivity index (χ4n) is 2.13. The van der Waals surface area contributed by atoms with Gasteiger partial charge in [-0.05, 0) is 31.6 Å². The number of alkyl halides is 1. The molecule has 0 bridgehead atoms. The van der Waals surface area contributed by atoms with Gasteiger partial charge in [-0.25, -0.2) is 0 Å². The summed E-state index contributed by atoms with van der Waals surface area (Å²) in [5, 5.41) is -0.317. The molecule has 1 rings (SSSR count). The van der Waals surface area contributed by atoms with E-state index in [4.69, 9.17) is 11.6 Å². The minimum absolute atomic E-state index is 0.150. The summed E-state index contributed by atoms with van der Waals surface area (Å²) < 4.78 is 0. The third-order valence-corrected chi connectivity index (χ3v) is 3.76. The number of hydrogen-bond acceptors (Lipinski definition) is 1. The molecule has 2 nitrogen and oxygen atoms in total. The van der Waals surface area contributed by atoms with Gasteiger partial charge in [0.1, 0.15) is 5.38 Å². The van der Waals surface area contributed by atoms with Gasteiger partial charge in [-0.2, -0.15) is 0 Å². The summed E-state index contributed by atoms with van der Waals surface area (Å²) in [6.07, 6.45) is 5.65. The Hall–Kier alpha value is -0.240. The Balaban J connectivity index is 2.43. The minimum atomic E-state index is -0.317. The summed E-state index contributed by atoms with van der Waals surface area (Å²) in [6.45, 7) is 6.01. The van der Waals surface area contributed by atoms with Gasteiger partial charge in [0.25, 0.3) is 0 Å². The van der Waals surface area contributed by atoms with Crippen molar-refractivity contribution in [2.24, 2.45) is 5.92 Å². The van der Waals surface area contributed by atoms with E-state index >= 15 is 0 Å². The van der Waals surface area contributed by atoms with Crippen molar-refractivity contribution in [1.82, 2.24) is 4.90 Å². The number of hydrogen-bond donors (Lipinski definition) is 0. The van der Waals surface area contributed by atoms with Gasteiger partial charge in [0, 0.05) is 13.1 Å². The van der Waals surface area contributed by atoms with Crippen LogP contribution < -0.4 is 0 Å². The van der Waals surface area contributed by atoms with Crippen LogP contribution in [0.3, 0.4) is 0 Å². The number of likely N-dealkylation sites (tertiary alicyclic amines) is 1. The van der Waals surface area contributed by atoms with Crippen LogP contribution in [0.5, 0.6) is 0 Å². The monoisotopic (exact) mass is 231 g/mol. The largest absolute Gasteiger partial charge is 0.341 e. The molecule has 88 valence electrons. The number of piperidine rings is 1. The Kier molecular flexibility index (Phi) is 5.44. The van der Waals surface area contributed by atoms with Crippen molar-refractivity contribution in [3.8, 4) is 0 Å². The van der Waals surface area contributed by atoms with Crippen molar-refractivity contribution in [1.29, 1.82) is 0 Å². The molecule has 0 aromatic carbocycles. The lowest BCUT2D eigenvalue weighted by Gasteiger charge is -2.30. The highest BCUT2D eigenvalue weighted by molar-refractivity contribution is 6.30. The number of nitrogens with zero attached hydrogens (tertiary/aromatic N) is 1. The molecule has 0 N–H and O–H groups in total. The van der Waals surface area contributed by atoms with E-state index in [-0.39, 0.29) is 11.3 Å². The quantitative estimate of drug-likeness (QED) is 0.681. The van der Waals surface area contributed by atoms with Crippen LogP contribution >= 0.6 is 11.6 Å². The van der Waals surface area contributed by atoms with Gasteiger partial charge in [0.2, 0.25) is 5.91 Å². The maximum atomic E-state index is 12.0. The van der Waals surface area contributed by atoms with E-state index in [0.29, 0.717) is 5.92 Å². The van der Waals surface area contributed by atoms with Crippen LogP contribution in [0.1, 0.15) is 46.0 Å². The summed E-state index contributed by atoms with van der Waals surface area (Å²) in [6, 6.07) is 0. The van der Waals surface area contributed by atoms with E-state index in [1.165, 1.54) is 6.42 Å². The highest BCUT2D eigenvalue weighted by Crippen LogP contribution is 2.20. The number of carbonyl (C=O) groups excluding carboxylic acids is 1. The Morgan fingerprint density at radius 1 is 1.33 bits per heavy atom. The molecule has 1 amide bonds. The number of halogens is 1. The SMILES string of the molecule is CCCC(C)C(Cl)C(=O)N1CCCCC1.